The number of anilines is 1. The number of carbonyl (C=O) groups excluding carboxylic acids is 1. The summed E-state index contributed by atoms with van der Waals surface area (Å²) in [4.78, 5) is 25.1. The van der Waals surface area contributed by atoms with E-state index in [0.29, 0.717) is 0 Å². The van der Waals surface area contributed by atoms with E-state index in [-0.39, 0.29) is 16.3 Å². The van der Waals surface area contributed by atoms with Crippen LogP contribution in [-0.2, 0) is 9.84 Å². The van der Waals surface area contributed by atoms with E-state index < -0.39 is 20.0 Å². The summed E-state index contributed by atoms with van der Waals surface area (Å²) in [5.74, 6) is 0. The molecule has 1 N–H and O–H groups in total. The molecule has 0 saturated heterocycles. The molecular formula is C12H9N3O5S. The van der Waals surface area contributed by atoms with Gasteiger partial charge >= 0.3 is 5.24 Å². The fourth-order valence-electron chi connectivity index (χ4n) is 1.47. The Morgan fingerprint density at radius 2 is 1.67 bits per heavy atom. The molecule has 0 aliphatic heterocycles. The Kier molecular flexibility index (Phi) is 3.94. The number of rotatable bonds is 3. The molecule has 2 rings (SSSR count). The summed E-state index contributed by atoms with van der Waals surface area (Å²) in [6.45, 7) is 0. The molecule has 1 aromatic heterocycles. The van der Waals surface area contributed by atoms with Gasteiger partial charge in [-0.2, -0.15) is 0 Å². The van der Waals surface area contributed by atoms with Gasteiger partial charge in [-0.15, -0.1) is 0 Å². The van der Waals surface area contributed by atoms with E-state index in [1.807, 2.05) is 0 Å². The molecule has 21 heavy (non-hydrogen) atoms. The van der Waals surface area contributed by atoms with Gasteiger partial charge in [0.05, 0.1) is 9.82 Å². The number of nitrogens with zero attached hydrogens (tertiary/aromatic N) is 2. The quantitative estimate of drug-likeness (QED) is 0.684. The van der Waals surface area contributed by atoms with E-state index in [2.05, 4.69) is 10.3 Å². The number of hydrogen-bond acceptors (Lipinski definition) is 6. The maximum atomic E-state index is 12.0. The maximum Gasteiger partial charge on any atom is 0.345 e. The number of benzene rings is 1. The highest BCUT2D eigenvalue weighted by Crippen LogP contribution is 2.18. The largest absolute Gasteiger partial charge is 0.345 e. The number of pyridine rings is 1. The first-order valence-corrected chi connectivity index (χ1v) is 7.10. The minimum absolute atomic E-state index is 0.261. The first-order chi connectivity index (χ1) is 9.91. The summed E-state index contributed by atoms with van der Waals surface area (Å²) in [5, 5.41) is 11.5. The molecule has 0 unspecified atom stereocenters. The van der Waals surface area contributed by atoms with Crippen molar-refractivity contribution in [3.63, 3.8) is 0 Å². The fraction of sp³-hybridized carbons (Fsp3) is 0. The van der Waals surface area contributed by atoms with E-state index in [4.69, 9.17) is 0 Å². The second kappa shape index (κ2) is 5.67. The Balaban J connectivity index is 2.25. The fourth-order valence-corrected chi connectivity index (χ4v) is 2.44. The molecule has 108 valence electrons. The Hall–Kier alpha value is -2.81. The van der Waals surface area contributed by atoms with E-state index in [1.54, 1.807) is 0 Å². The molecule has 1 heterocycles. The van der Waals surface area contributed by atoms with Gasteiger partial charge < -0.3 is 5.32 Å². The minimum Gasteiger partial charge on any atom is -0.312 e. The van der Waals surface area contributed by atoms with Gasteiger partial charge in [0.2, 0.25) is 0 Å². The standard InChI is InChI=1S/C12H9N3O5S/c16-12(14-9-5-7-13-8-6-9)21(19,20)11-3-1-10(2-4-11)15(17)18/h1-8H,(H,13,14,16). The number of nitro benzene ring substituents is 1. The molecule has 9 heteroatoms. The van der Waals surface area contributed by atoms with Crippen LogP contribution in [0.2, 0.25) is 0 Å². The summed E-state index contributed by atoms with van der Waals surface area (Å²) < 4.78 is 24.0. The first-order valence-electron chi connectivity index (χ1n) is 5.62. The second-order valence-electron chi connectivity index (χ2n) is 3.90. The van der Waals surface area contributed by atoms with E-state index in [0.717, 1.165) is 24.3 Å². The Morgan fingerprint density at radius 3 is 2.19 bits per heavy atom. The molecular weight excluding hydrogens is 298 g/mol. The third-order valence-corrected chi connectivity index (χ3v) is 4.01. The molecule has 0 atom stereocenters. The van der Waals surface area contributed by atoms with Crippen LogP contribution in [0.5, 0.6) is 0 Å². The normalized spacial score (nSPS) is 10.9. The molecule has 8 nitrogen and oxygen atoms in total. The van der Waals surface area contributed by atoms with Crippen molar-refractivity contribution < 1.29 is 18.1 Å². The number of carbonyl (C=O) groups is 1. The zero-order valence-corrected chi connectivity index (χ0v) is 11.3. The lowest BCUT2D eigenvalue weighted by molar-refractivity contribution is -0.384. The molecule has 0 fully saturated rings. The topological polar surface area (TPSA) is 119 Å². The van der Waals surface area contributed by atoms with Crippen LogP contribution in [0.25, 0.3) is 0 Å². The highest BCUT2D eigenvalue weighted by atomic mass is 32.2. The van der Waals surface area contributed by atoms with Crippen LogP contribution in [0.15, 0.2) is 53.7 Å². The van der Waals surface area contributed by atoms with Crippen molar-refractivity contribution in [3.8, 4) is 0 Å². The molecule has 0 aliphatic rings. The summed E-state index contributed by atoms with van der Waals surface area (Å²) in [5.41, 5.74) is 0.0176. The lowest BCUT2D eigenvalue weighted by Crippen LogP contribution is -2.21. The molecule has 0 saturated carbocycles. The third-order valence-electron chi connectivity index (χ3n) is 2.53. The molecule has 0 spiro atoms. The number of nitro groups is 1. The van der Waals surface area contributed by atoms with Gasteiger partial charge in [0.25, 0.3) is 15.5 Å². The van der Waals surface area contributed by atoms with Gasteiger partial charge in [0, 0.05) is 30.2 Å². The number of non-ortho nitro benzene ring substituents is 1. The van der Waals surface area contributed by atoms with Gasteiger partial charge in [0.15, 0.2) is 0 Å². The Morgan fingerprint density at radius 1 is 1.10 bits per heavy atom. The number of sulfone groups is 1. The zero-order chi connectivity index (χ0) is 15.5. The summed E-state index contributed by atoms with van der Waals surface area (Å²) in [6.07, 6.45) is 2.79. The predicted molar refractivity (Wildman–Crippen MR) is 73.5 cm³/mol. The van der Waals surface area contributed by atoms with Gasteiger partial charge in [-0.25, -0.2) is 8.42 Å². The number of aromatic nitrogens is 1. The monoisotopic (exact) mass is 307 g/mol. The van der Waals surface area contributed by atoms with Crippen LogP contribution >= 0.6 is 0 Å². The van der Waals surface area contributed by atoms with E-state index in [9.17, 15) is 23.3 Å². The van der Waals surface area contributed by atoms with Crippen molar-refractivity contribution in [1.82, 2.24) is 4.98 Å². The van der Waals surface area contributed by atoms with Crippen LogP contribution in [0.1, 0.15) is 0 Å². The lowest BCUT2D eigenvalue weighted by atomic mass is 10.3. The highest BCUT2D eigenvalue weighted by molar-refractivity contribution is 8.06. The number of hydrogen-bond donors (Lipinski definition) is 1. The maximum absolute atomic E-state index is 12.0. The zero-order valence-electron chi connectivity index (χ0n) is 10.5. The van der Waals surface area contributed by atoms with Crippen LogP contribution < -0.4 is 5.32 Å². The second-order valence-corrected chi connectivity index (χ2v) is 5.75. The van der Waals surface area contributed by atoms with Gasteiger partial charge in [-0.1, -0.05) is 0 Å². The van der Waals surface area contributed by atoms with Crippen molar-refractivity contribution in [3.05, 3.63) is 58.9 Å². The van der Waals surface area contributed by atoms with Gasteiger partial charge in [0.1, 0.15) is 0 Å². The first kappa shape index (κ1) is 14.6. The summed E-state index contributed by atoms with van der Waals surface area (Å²) >= 11 is 0. The molecule has 0 radical (unpaired) electrons. The summed E-state index contributed by atoms with van der Waals surface area (Å²) in [6, 6.07) is 6.94. The Labute approximate surface area is 119 Å². The van der Waals surface area contributed by atoms with Crippen molar-refractivity contribution >= 4 is 26.5 Å². The smallest absolute Gasteiger partial charge is 0.312 e. The molecule has 0 aliphatic carbocycles. The SMILES string of the molecule is O=C(Nc1ccncc1)S(=O)(=O)c1ccc([N+](=O)[O-])cc1. The molecule has 1 aromatic carbocycles. The summed E-state index contributed by atoms with van der Waals surface area (Å²) in [7, 11) is -4.27. The van der Waals surface area contributed by atoms with E-state index in [1.165, 1.54) is 24.5 Å². The molecule has 2 aromatic rings. The molecule has 0 bridgehead atoms. The van der Waals surface area contributed by atoms with Gasteiger partial charge in [-0.05, 0) is 24.3 Å². The number of amides is 1. The van der Waals surface area contributed by atoms with Crippen LogP contribution in [0.3, 0.4) is 0 Å². The minimum atomic E-state index is -4.27. The Bertz CT molecular complexity index is 772. The average Bonchev–Trinajstić information content (AvgIpc) is 2.48. The van der Waals surface area contributed by atoms with Crippen molar-refractivity contribution in [1.29, 1.82) is 0 Å². The van der Waals surface area contributed by atoms with Crippen molar-refractivity contribution in [2.24, 2.45) is 0 Å². The molecule has 1 amide bonds. The third kappa shape index (κ3) is 3.20. The number of nitrogens with one attached hydrogen (secondary N) is 1. The predicted octanol–water partition coefficient (Wildman–Crippen LogP) is 2.00. The van der Waals surface area contributed by atoms with Crippen molar-refractivity contribution in [2.75, 3.05) is 5.32 Å². The average molecular weight is 307 g/mol. The van der Waals surface area contributed by atoms with Crippen molar-refractivity contribution in [2.45, 2.75) is 4.90 Å². The highest BCUT2D eigenvalue weighted by Gasteiger charge is 2.25. The lowest BCUT2D eigenvalue weighted by Gasteiger charge is -2.05. The van der Waals surface area contributed by atoms with Gasteiger partial charge in [-0.3, -0.25) is 19.9 Å². The van der Waals surface area contributed by atoms with E-state index >= 15 is 0 Å². The van der Waals surface area contributed by atoms with Crippen LogP contribution in [0.4, 0.5) is 16.2 Å². The van der Waals surface area contributed by atoms with Crippen LogP contribution in [0, 0.1) is 10.1 Å². The van der Waals surface area contributed by atoms with Crippen LogP contribution in [-0.4, -0.2) is 23.6 Å².